The van der Waals surface area contributed by atoms with Crippen LogP contribution in [-0.4, -0.2) is 35.6 Å². The first kappa shape index (κ1) is 27.1. The maximum absolute atomic E-state index is 13.9. The molecule has 3 aromatic carbocycles. The number of hydrogen-bond donors (Lipinski definition) is 1. The second-order valence-corrected chi connectivity index (χ2v) is 10.8. The van der Waals surface area contributed by atoms with Crippen molar-refractivity contribution in [1.29, 1.82) is 0 Å². The number of nitrogens with one attached hydrogen (secondary N) is 1. The highest BCUT2D eigenvalue weighted by atomic mass is 35.5. The summed E-state index contributed by atoms with van der Waals surface area (Å²) >= 11 is 6.29. The van der Waals surface area contributed by atoms with Crippen molar-refractivity contribution in [3.05, 3.63) is 94.5 Å². The number of aryl methyl sites for hydroxylation is 1. The first-order chi connectivity index (χ1) is 19.0. The van der Waals surface area contributed by atoms with Gasteiger partial charge in [-0.05, 0) is 60.2 Å². The summed E-state index contributed by atoms with van der Waals surface area (Å²) in [5, 5.41) is 3.89. The molecular weight excluding hydrogens is 512 g/mol. The normalized spacial score (nSPS) is 15.5. The van der Waals surface area contributed by atoms with Gasteiger partial charge in [0.25, 0.3) is 0 Å². The van der Waals surface area contributed by atoms with Crippen LogP contribution < -0.4 is 14.8 Å². The average molecular weight is 547 g/mol. The Labute approximate surface area is 235 Å². The summed E-state index contributed by atoms with van der Waals surface area (Å²) < 4.78 is 10.9. The van der Waals surface area contributed by atoms with E-state index in [1.165, 1.54) is 6.42 Å². The van der Waals surface area contributed by atoms with Crippen LogP contribution in [0.3, 0.4) is 0 Å². The van der Waals surface area contributed by atoms with Gasteiger partial charge in [-0.1, -0.05) is 79.4 Å². The lowest BCUT2D eigenvalue weighted by atomic mass is 9.94. The molecule has 0 spiro atoms. The average Bonchev–Trinajstić information content (AvgIpc) is 3.43. The van der Waals surface area contributed by atoms with Gasteiger partial charge in [-0.2, -0.15) is 0 Å². The topological polar surface area (TPSA) is 67.9 Å². The summed E-state index contributed by atoms with van der Waals surface area (Å²) in [5.41, 5.74) is 2.89. The monoisotopic (exact) mass is 546 g/mol. The van der Waals surface area contributed by atoms with Crippen molar-refractivity contribution < 1.29 is 19.1 Å². The quantitative estimate of drug-likeness (QED) is 0.334. The van der Waals surface area contributed by atoms with Gasteiger partial charge >= 0.3 is 0 Å². The molecule has 1 N–H and O–H groups in total. The Balaban J connectivity index is 1.40. The number of rotatable bonds is 10. The third-order valence-corrected chi connectivity index (χ3v) is 7.76. The van der Waals surface area contributed by atoms with Crippen LogP contribution >= 0.6 is 11.6 Å². The lowest BCUT2D eigenvalue weighted by Gasteiger charge is -2.33. The molecule has 0 aromatic heterocycles. The van der Waals surface area contributed by atoms with Crippen molar-refractivity contribution in [2.24, 2.45) is 0 Å². The van der Waals surface area contributed by atoms with Gasteiger partial charge in [-0.3, -0.25) is 9.59 Å². The number of carbonyl (C=O) groups excluding carboxylic acids is 2. The third kappa shape index (κ3) is 7.33. The van der Waals surface area contributed by atoms with Crippen molar-refractivity contribution in [2.45, 2.75) is 70.0 Å². The number of halogens is 1. The maximum Gasteiger partial charge on any atom is 0.243 e. The van der Waals surface area contributed by atoms with Crippen LogP contribution in [0.25, 0.3) is 0 Å². The Kier molecular flexibility index (Phi) is 9.04. The molecular formula is C32H35ClN2O4. The van der Waals surface area contributed by atoms with Crippen molar-refractivity contribution in [3.63, 3.8) is 0 Å². The summed E-state index contributed by atoms with van der Waals surface area (Å²) in [4.78, 5) is 29.5. The fourth-order valence-electron chi connectivity index (χ4n) is 5.42. The highest BCUT2D eigenvalue weighted by Gasteiger charge is 2.32. The van der Waals surface area contributed by atoms with Crippen LogP contribution in [0.2, 0.25) is 5.02 Å². The third-order valence-electron chi connectivity index (χ3n) is 7.53. The van der Waals surface area contributed by atoms with Gasteiger partial charge in [0.05, 0.1) is 0 Å². The Morgan fingerprint density at radius 1 is 0.872 bits per heavy atom. The zero-order valence-electron chi connectivity index (χ0n) is 22.1. The number of fused-ring (bicyclic) bond motifs is 1. The minimum atomic E-state index is -0.641. The molecule has 3 aromatic rings. The Morgan fingerprint density at radius 2 is 1.64 bits per heavy atom. The van der Waals surface area contributed by atoms with Crippen LogP contribution in [-0.2, 0) is 29.0 Å². The molecule has 2 aliphatic rings. The van der Waals surface area contributed by atoms with E-state index in [0.717, 1.165) is 48.1 Å². The van der Waals surface area contributed by atoms with E-state index in [4.69, 9.17) is 21.1 Å². The molecule has 1 saturated carbocycles. The van der Waals surface area contributed by atoms with E-state index >= 15 is 0 Å². The van der Waals surface area contributed by atoms with Crippen molar-refractivity contribution in [3.8, 4) is 11.5 Å². The van der Waals surface area contributed by atoms with Crippen molar-refractivity contribution in [1.82, 2.24) is 10.2 Å². The molecule has 0 unspecified atom stereocenters. The molecule has 1 aliphatic heterocycles. The molecule has 1 aliphatic carbocycles. The van der Waals surface area contributed by atoms with E-state index in [9.17, 15) is 9.59 Å². The first-order valence-corrected chi connectivity index (χ1v) is 14.2. The molecule has 39 heavy (non-hydrogen) atoms. The van der Waals surface area contributed by atoms with Crippen molar-refractivity contribution in [2.75, 3.05) is 6.79 Å². The van der Waals surface area contributed by atoms with Gasteiger partial charge in [0.2, 0.25) is 18.6 Å². The zero-order chi connectivity index (χ0) is 27.0. The van der Waals surface area contributed by atoms with Gasteiger partial charge < -0.3 is 19.7 Å². The van der Waals surface area contributed by atoms with E-state index in [0.29, 0.717) is 30.2 Å². The van der Waals surface area contributed by atoms with Crippen LogP contribution in [0, 0.1) is 0 Å². The number of hydrogen-bond acceptors (Lipinski definition) is 4. The summed E-state index contributed by atoms with van der Waals surface area (Å²) in [6.07, 6.45) is 6.65. The molecule has 1 atom stereocenters. The van der Waals surface area contributed by atoms with Crippen molar-refractivity contribution >= 4 is 23.4 Å². The summed E-state index contributed by atoms with van der Waals surface area (Å²) in [6.45, 7) is 0.512. The SMILES string of the molecule is O=C(NC1CCCCC1)[C@@H](Cc1ccccc1)N(Cc1cccc(Cl)c1)C(=O)CCc1ccc2c(c1)OCO2. The summed E-state index contributed by atoms with van der Waals surface area (Å²) in [6, 6.07) is 22.7. The van der Waals surface area contributed by atoms with Crippen LogP contribution in [0.1, 0.15) is 55.2 Å². The summed E-state index contributed by atoms with van der Waals surface area (Å²) in [7, 11) is 0. The molecule has 0 bridgehead atoms. The number of carbonyl (C=O) groups is 2. The Hall–Kier alpha value is -3.51. The van der Waals surface area contributed by atoms with E-state index in [-0.39, 0.29) is 31.1 Å². The fourth-order valence-corrected chi connectivity index (χ4v) is 5.63. The van der Waals surface area contributed by atoms with Gasteiger partial charge in [0.15, 0.2) is 11.5 Å². The number of benzene rings is 3. The lowest BCUT2D eigenvalue weighted by Crippen LogP contribution is -2.52. The highest BCUT2D eigenvalue weighted by Crippen LogP contribution is 2.33. The standard InChI is InChI=1S/C32H35ClN2O4/c33-26-11-7-10-25(18-26)21-35(31(36)17-15-24-14-16-29-30(20-24)39-22-38-29)28(19-23-8-3-1-4-9-23)32(37)34-27-12-5-2-6-13-27/h1,3-4,7-11,14,16,18,20,27-28H,2,5-6,12-13,15,17,19,21-22H2,(H,34,37)/t28-/m1/s1. The molecule has 1 heterocycles. The number of ether oxygens (including phenoxy) is 2. The second-order valence-electron chi connectivity index (χ2n) is 10.4. The van der Waals surface area contributed by atoms with E-state index in [1.807, 2.05) is 72.8 Å². The van der Waals surface area contributed by atoms with E-state index in [1.54, 1.807) is 4.90 Å². The zero-order valence-corrected chi connectivity index (χ0v) is 22.9. The second kappa shape index (κ2) is 13.0. The van der Waals surface area contributed by atoms with Gasteiger partial charge in [0, 0.05) is 30.5 Å². The molecule has 6 nitrogen and oxygen atoms in total. The van der Waals surface area contributed by atoms with E-state index in [2.05, 4.69) is 5.32 Å². The minimum Gasteiger partial charge on any atom is -0.454 e. The van der Waals surface area contributed by atoms with Gasteiger partial charge in [0.1, 0.15) is 6.04 Å². The molecule has 0 saturated heterocycles. The van der Waals surface area contributed by atoms with Gasteiger partial charge in [-0.15, -0.1) is 0 Å². The predicted molar refractivity (Wildman–Crippen MR) is 152 cm³/mol. The molecule has 5 rings (SSSR count). The molecule has 204 valence electrons. The van der Waals surface area contributed by atoms with Crippen LogP contribution in [0.4, 0.5) is 0 Å². The minimum absolute atomic E-state index is 0.0765. The molecule has 2 amide bonds. The molecule has 7 heteroatoms. The van der Waals surface area contributed by atoms with Crippen LogP contribution in [0.5, 0.6) is 11.5 Å². The smallest absolute Gasteiger partial charge is 0.243 e. The van der Waals surface area contributed by atoms with Crippen LogP contribution in [0.15, 0.2) is 72.8 Å². The van der Waals surface area contributed by atoms with Gasteiger partial charge in [-0.25, -0.2) is 0 Å². The predicted octanol–water partition coefficient (Wildman–Crippen LogP) is 6.09. The maximum atomic E-state index is 13.9. The highest BCUT2D eigenvalue weighted by molar-refractivity contribution is 6.30. The number of amides is 2. The number of nitrogens with zero attached hydrogens (tertiary/aromatic N) is 1. The summed E-state index contributed by atoms with van der Waals surface area (Å²) in [5.74, 6) is 1.25. The first-order valence-electron chi connectivity index (χ1n) is 13.8. The Morgan fingerprint density at radius 3 is 2.44 bits per heavy atom. The molecule has 1 fully saturated rings. The Bertz CT molecular complexity index is 1280. The lowest BCUT2D eigenvalue weighted by molar-refractivity contribution is -0.141. The fraction of sp³-hybridized carbons (Fsp3) is 0.375. The molecule has 0 radical (unpaired) electrons. The largest absolute Gasteiger partial charge is 0.454 e. The van der Waals surface area contributed by atoms with E-state index < -0.39 is 6.04 Å².